The van der Waals surface area contributed by atoms with E-state index in [9.17, 15) is 9.59 Å². The largest absolute Gasteiger partial charge is 0.468 e. The molecule has 0 aliphatic carbocycles. The highest BCUT2D eigenvalue weighted by molar-refractivity contribution is 6.06. The van der Waals surface area contributed by atoms with Gasteiger partial charge in [0.2, 0.25) is 0 Å². The van der Waals surface area contributed by atoms with E-state index in [0.717, 1.165) is 11.1 Å². The highest BCUT2D eigenvalue weighted by Gasteiger charge is 2.41. The van der Waals surface area contributed by atoms with Gasteiger partial charge in [-0.2, -0.15) is 0 Å². The first kappa shape index (κ1) is 15.0. The van der Waals surface area contributed by atoms with Gasteiger partial charge >= 0.3 is 5.97 Å². The summed E-state index contributed by atoms with van der Waals surface area (Å²) in [5, 5.41) is 0. The van der Waals surface area contributed by atoms with E-state index in [1.54, 1.807) is 6.92 Å². The topological polar surface area (TPSA) is 43.4 Å². The standard InChI is InChI=1S/C16H18O3/c1-5-16(13(3)17,15(18)19-4)11-10-14-8-6-12(2)7-9-14/h6-9H,5H2,1-4H3/t16-/m1/s1. The fourth-order valence-corrected chi connectivity index (χ4v) is 1.75. The minimum Gasteiger partial charge on any atom is -0.468 e. The van der Waals surface area contributed by atoms with E-state index in [0.29, 0.717) is 6.42 Å². The molecule has 0 spiro atoms. The molecule has 1 rings (SSSR count). The number of esters is 1. The molecule has 0 radical (unpaired) electrons. The summed E-state index contributed by atoms with van der Waals surface area (Å²) in [4.78, 5) is 23.6. The lowest BCUT2D eigenvalue weighted by Gasteiger charge is -2.20. The first-order chi connectivity index (χ1) is 8.96. The highest BCUT2D eigenvalue weighted by atomic mass is 16.5. The fraction of sp³-hybridized carbons (Fsp3) is 0.375. The number of aryl methyl sites for hydroxylation is 1. The van der Waals surface area contributed by atoms with Crippen molar-refractivity contribution in [1.82, 2.24) is 0 Å². The maximum absolute atomic E-state index is 11.8. The van der Waals surface area contributed by atoms with Crippen molar-refractivity contribution in [2.24, 2.45) is 5.41 Å². The summed E-state index contributed by atoms with van der Waals surface area (Å²) in [5.74, 6) is 4.80. The molecular weight excluding hydrogens is 240 g/mol. The van der Waals surface area contributed by atoms with E-state index in [2.05, 4.69) is 11.8 Å². The molecule has 0 amide bonds. The molecule has 1 aromatic rings. The van der Waals surface area contributed by atoms with Gasteiger partial charge in [-0.1, -0.05) is 36.5 Å². The molecule has 0 aliphatic rings. The van der Waals surface area contributed by atoms with Gasteiger partial charge in [0.25, 0.3) is 0 Å². The monoisotopic (exact) mass is 258 g/mol. The summed E-state index contributed by atoms with van der Waals surface area (Å²) < 4.78 is 4.71. The normalized spacial score (nSPS) is 12.8. The maximum atomic E-state index is 11.8. The molecule has 100 valence electrons. The van der Waals surface area contributed by atoms with Gasteiger partial charge in [0.15, 0.2) is 11.2 Å². The van der Waals surface area contributed by atoms with Crippen LogP contribution in [0, 0.1) is 24.2 Å². The van der Waals surface area contributed by atoms with Gasteiger partial charge < -0.3 is 4.74 Å². The lowest BCUT2D eigenvalue weighted by atomic mass is 9.82. The fourth-order valence-electron chi connectivity index (χ4n) is 1.75. The molecule has 1 atom stereocenters. The molecule has 3 nitrogen and oxygen atoms in total. The minimum absolute atomic E-state index is 0.290. The second kappa shape index (κ2) is 6.19. The molecule has 0 fully saturated rings. The number of ketones is 1. The number of ether oxygens (including phenoxy) is 1. The van der Waals surface area contributed by atoms with Gasteiger partial charge in [-0.3, -0.25) is 4.79 Å². The van der Waals surface area contributed by atoms with Gasteiger partial charge in [0.05, 0.1) is 7.11 Å². The average molecular weight is 258 g/mol. The van der Waals surface area contributed by atoms with Crippen LogP contribution in [0.15, 0.2) is 24.3 Å². The molecule has 0 unspecified atom stereocenters. The van der Waals surface area contributed by atoms with Crippen LogP contribution < -0.4 is 0 Å². The zero-order chi connectivity index (χ0) is 14.5. The van der Waals surface area contributed by atoms with Crippen molar-refractivity contribution in [3.05, 3.63) is 35.4 Å². The van der Waals surface area contributed by atoms with Crippen LogP contribution in [0.3, 0.4) is 0 Å². The smallest absolute Gasteiger partial charge is 0.331 e. The second-order valence-corrected chi connectivity index (χ2v) is 4.42. The number of methoxy groups -OCH3 is 1. The van der Waals surface area contributed by atoms with Crippen molar-refractivity contribution in [3.63, 3.8) is 0 Å². The van der Waals surface area contributed by atoms with Crippen LogP contribution >= 0.6 is 0 Å². The number of benzene rings is 1. The summed E-state index contributed by atoms with van der Waals surface area (Å²) >= 11 is 0. The molecule has 0 saturated carbocycles. The Hall–Kier alpha value is -2.08. The molecule has 0 aromatic heterocycles. The molecule has 0 bridgehead atoms. The second-order valence-electron chi connectivity index (χ2n) is 4.42. The predicted molar refractivity (Wildman–Crippen MR) is 73.5 cm³/mol. The van der Waals surface area contributed by atoms with Gasteiger partial charge in [-0.05, 0) is 32.4 Å². The summed E-state index contributed by atoms with van der Waals surface area (Å²) in [7, 11) is 1.27. The number of carbonyl (C=O) groups is 2. The van der Waals surface area contributed by atoms with E-state index in [-0.39, 0.29) is 5.78 Å². The van der Waals surface area contributed by atoms with Gasteiger partial charge in [0, 0.05) is 5.56 Å². The molecule has 0 aliphatic heterocycles. The summed E-state index contributed by atoms with van der Waals surface area (Å²) in [5.41, 5.74) is 0.542. The van der Waals surface area contributed by atoms with Crippen LogP contribution in [0.4, 0.5) is 0 Å². The van der Waals surface area contributed by atoms with Gasteiger partial charge in [0.1, 0.15) is 0 Å². The van der Waals surface area contributed by atoms with Crippen molar-refractivity contribution in [1.29, 1.82) is 0 Å². The number of hydrogen-bond donors (Lipinski definition) is 0. The Morgan fingerprint density at radius 2 is 1.84 bits per heavy atom. The Balaban J connectivity index is 3.19. The lowest BCUT2D eigenvalue weighted by molar-refractivity contribution is -0.153. The van der Waals surface area contributed by atoms with Crippen LogP contribution in [0.25, 0.3) is 0 Å². The molecule has 0 N–H and O–H groups in total. The Kier molecular flexibility index (Phi) is 4.88. The third kappa shape index (κ3) is 3.23. The quantitative estimate of drug-likeness (QED) is 0.475. The minimum atomic E-state index is -1.36. The van der Waals surface area contributed by atoms with E-state index >= 15 is 0 Å². The van der Waals surface area contributed by atoms with Crippen LogP contribution in [0.2, 0.25) is 0 Å². The van der Waals surface area contributed by atoms with Gasteiger partial charge in [-0.15, -0.1) is 0 Å². The van der Waals surface area contributed by atoms with Crippen molar-refractivity contribution < 1.29 is 14.3 Å². The number of carbonyl (C=O) groups excluding carboxylic acids is 2. The molecule has 1 aromatic carbocycles. The molecule has 3 heteroatoms. The summed E-state index contributed by atoms with van der Waals surface area (Å²) in [6.07, 6.45) is 0.299. The van der Waals surface area contributed by atoms with Crippen molar-refractivity contribution in [2.45, 2.75) is 27.2 Å². The molecule has 0 heterocycles. The Labute approximate surface area is 114 Å². The third-order valence-electron chi connectivity index (χ3n) is 3.14. The highest BCUT2D eigenvalue weighted by Crippen LogP contribution is 2.24. The molecule has 0 saturated heterocycles. The van der Waals surface area contributed by atoms with Crippen LogP contribution in [0.5, 0.6) is 0 Å². The summed E-state index contributed by atoms with van der Waals surface area (Å²) in [6, 6.07) is 7.59. The third-order valence-corrected chi connectivity index (χ3v) is 3.14. The van der Waals surface area contributed by atoms with Crippen LogP contribution in [0.1, 0.15) is 31.4 Å². The van der Waals surface area contributed by atoms with Crippen molar-refractivity contribution in [3.8, 4) is 11.8 Å². The molecule has 19 heavy (non-hydrogen) atoms. The number of Topliss-reactive ketones (excluding diaryl/α,β-unsaturated/α-hetero) is 1. The van der Waals surface area contributed by atoms with E-state index in [1.165, 1.54) is 14.0 Å². The Morgan fingerprint density at radius 3 is 2.26 bits per heavy atom. The first-order valence-electron chi connectivity index (χ1n) is 6.15. The molecular formula is C16H18O3. The first-order valence-corrected chi connectivity index (χ1v) is 6.15. The zero-order valence-corrected chi connectivity index (χ0v) is 11.7. The lowest BCUT2D eigenvalue weighted by Crippen LogP contribution is -2.37. The van der Waals surface area contributed by atoms with E-state index in [1.807, 2.05) is 31.2 Å². The van der Waals surface area contributed by atoms with E-state index < -0.39 is 11.4 Å². The Bertz CT molecular complexity index is 531. The average Bonchev–Trinajstić information content (AvgIpc) is 2.41. The summed E-state index contributed by atoms with van der Waals surface area (Å²) in [6.45, 7) is 5.10. The van der Waals surface area contributed by atoms with E-state index in [4.69, 9.17) is 4.74 Å². The maximum Gasteiger partial charge on any atom is 0.331 e. The number of rotatable bonds is 3. The van der Waals surface area contributed by atoms with Crippen LogP contribution in [-0.4, -0.2) is 18.9 Å². The SMILES string of the molecule is CC[C@@](C#Cc1ccc(C)cc1)(C(C)=O)C(=O)OC. The van der Waals surface area contributed by atoms with Crippen molar-refractivity contribution >= 4 is 11.8 Å². The predicted octanol–water partition coefficient (Wildman–Crippen LogP) is 2.50. The number of hydrogen-bond acceptors (Lipinski definition) is 3. The van der Waals surface area contributed by atoms with Gasteiger partial charge in [-0.25, -0.2) is 4.79 Å². The van der Waals surface area contributed by atoms with Crippen LogP contribution in [-0.2, 0) is 14.3 Å². The Morgan fingerprint density at radius 1 is 1.26 bits per heavy atom. The zero-order valence-electron chi connectivity index (χ0n) is 11.7. The van der Waals surface area contributed by atoms with Crippen molar-refractivity contribution in [2.75, 3.05) is 7.11 Å².